The summed E-state index contributed by atoms with van der Waals surface area (Å²) in [6, 6.07) is 39.5. The molecule has 0 N–H and O–H groups in total. The molecule has 0 aliphatic heterocycles. The minimum atomic E-state index is -0.190. The van der Waals surface area contributed by atoms with Gasteiger partial charge in [0.25, 0.3) is 0 Å². The van der Waals surface area contributed by atoms with Crippen molar-refractivity contribution in [3.63, 3.8) is 0 Å². The Morgan fingerprint density at radius 1 is 0.525 bits per heavy atom. The van der Waals surface area contributed by atoms with Crippen molar-refractivity contribution in [2.75, 3.05) is 0 Å². The summed E-state index contributed by atoms with van der Waals surface area (Å²) < 4.78 is 6.24. The summed E-state index contributed by atoms with van der Waals surface area (Å²) in [4.78, 5) is 14.8. The van der Waals surface area contributed by atoms with E-state index in [0.717, 1.165) is 33.2 Å². The standard InChI is InChI=1S/C36H25N3O/c1-36(2)27-19-20-30-32(26-15-9-10-16-29(26)40-30)31(27)25-18-17-24(21-28(25)36)35-38-33(22-11-5-3-6-12-22)37-34(39-35)23-13-7-4-8-14-23/h3-21H,1-2H3. The Kier molecular flexibility index (Phi) is 4.83. The largest absolute Gasteiger partial charge is 0.456 e. The molecule has 0 atom stereocenters. The summed E-state index contributed by atoms with van der Waals surface area (Å²) in [6.45, 7) is 4.60. The van der Waals surface area contributed by atoms with Gasteiger partial charge in [-0.2, -0.15) is 0 Å². The third-order valence-electron chi connectivity index (χ3n) is 8.14. The third kappa shape index (κ3) is 3.36. The topological polar surface area (TPSA) is 51.8 Å². The molecule has 8 rings (SSSR count). The molecule has 0 amide bonds. The molecule has 2 heterocycles. The van der Waals surface area contributed by atoms with Crippen molar-refractivity contribution in [1.29, 1.82) is 0 Å². The summed E-state index contributed by atoms with van der Waals surface area (Å²) in [6.07, 6.45) is 0. The highest BCUT2D eigenvalue weighted by Crippen LogP contribution is 2.53. The lowest BCUT2D eigenvalue weighted by atomic mass is 9.81. The number of hydrogen-bond donors (Lipinski definition) is 0. The maximum Gasteiger partial charge on any atom is 0.164 e. The number of hydrogen-bond acceptors (Lipinski definition) is 4. The molecule has 4 heteroatoms. The highest BCUT2D eigenvalue weighted by Gasteiger charge is 2.37. The summed E-state index contributed by atoms with van der Waals surface area (Å²) in [7, 11) is 0. The van der Waals surface area contributed by atoms with Gasteiger partial charge in [-0.15, -0.1) is 0 Å². The van der Waals surface area contributed by atoms with Crippen LogP contribution in [0.1, 0.15) is 25.0 Å². The van der Waals surface area contributed by atoms with Gasteiger partial charge in [0.05, 0.1) is 0 Å². The second-order valence-electron chi connectivity index (χ2n) is 10.9. The van der Waals surface area contributed by atoms with Crippen molar-refractivity contribution in [3.05, 3.63) is 126 Å². The first-order valence-electron chi connectivity index (χ1n) is 13.5. The maximum atomic E-state index is 6.24. The number of fused-ring (bicyclic) bond motifs is 7. The van der Waals surface area contributed by atoms with Crippen molar-refractivity contribution in [2.45, 2.75) is 19.3 Å². The minimum absolute atomic E-state index is 0.190. The fourth-order valence-electron chi connectivity index (χ4n) is 6.12. The Morgan fingerprint density at radius 3 is 1.80 bits per heavy atom. The van der Waals surface area contributed by atoms with E-state index >= 15 is 0 Å². The first-order chi connectivity index (χ1) is 19.6. The molecule has 0 bridgehead atoms. The number of benzene rings is 5. The van der Waals surface area contributed by atoms with E-state index < -0.39 is 0 Å². The Balaban J connectivity index is 1.34. The number of para-hydroxylation sites is 1. The van der Waals surface area contributed by atoms with Crippen molar-refractivity contribution >= 4 is 21.9 Å². The van der Waals surface area contributed by atoms with Gasteiger partial charge in [0.2, 0.25) is 0 Å². The van der Waals surface area contributed by atoms with E-state index in [1.54, 1.807) is 0 Å². The lowest BCUT2D eigenvalue weighted by Gasteiger charge is -2.22. The van der Waals surface area contributed by atoms with Gasteiger partial charge in [0.1, 0.15) is 11.2 Å². The molecule has 0 fully saturated rings. The van der Waals surface area contributed by atoms with Gasteiger partial charge in [-0.1, -0.05) is 111 Å². The first-order valence-corrected chi connectivity index (χ1v) is 13.5. The third-order valence-corrected chi connectivity index (χ3v) is 8.14. The molecule has 7 aromatic rings. The number of nitrogens with zero attached hydrogens (tertiary/aromatic N) is 3. The van der Waals surface area contributed by atoms with Crippen LogP contribution in [0.25, 0.3) is 67.2 Å². The Labute approximate surface area is 232 Å². The van der Waals surface area contributed by atoms with Gasteiger partial charge >= 0.3 is 0 Å². The van der Waals surface area contributed by atoms with Crippen molar-refractivity contribution in [2.24, 2.45) is 0 Å². The predicted molar refractivity (Wildman–Crippen MR) is 161 cm³/mol. The molecule has 0 unspecified atom stereocenters. The quantitative estimate of drug-likeness (QED) is 0.235. The average Bonchev–Trinajstić information content (AvgIpc) is 3.50. The first kappa shape index (κ1) is 22.9. The van der Waals surface area contributed by atoms with Crippen LogP contribution in [-0.2, 0) is 5.41 Å². The summed E-state index contributed by atoms with van der Waals surface area (Å²) in [5, 5.41) is 2.34. The van der Waals surface area contributed by atoms with Crippen LogP contribution in [-0.4, -0.2) is 15.0 Å². The van der Waals surface area contributed by atoms with E-state index in [4.69, 9.17) is 19.4 Å². The Hall–Kier alpha value is -5.09. The van der Waals surface area contributed by atoms with Crippen LogP contribution >= 0.6 is 0 Å². The predicted octanol–water partition coefficient (Wildman–Crippen LogP) is 9.08. The van der Waals surface area contributed by atoms with Crippen molar-refractivity contribution in [1.82, 2.24) is 15.0 Å². The normalized spacial score (nSPS) is 13.4. The molecular weight excluding hydrogens is 490 g/mol. The SMILES string of the molecule is CC1(C)c2cc(-c3nc(-c4ccccc4)nc(-c4ccccc4)n3)ccc2-c2c1ccc1oc3ccccc3c21. The van der Waals surface area contributed by atoms with Gasteiger partial charge in [-0.05, 0) is 40.5 Å². The molecule has 0 saturated heterocycles. The zero-order valence-corrected chi connectivity index (χ0v) is 22.2. The molecule has 1 aliphatic carbocycles. The lowest BCUT2D eigenvalue weighted by Crippen LogP contribution is -2.15. The van der Waals surface area contributed by atoms with Gasteiger partial charge < -0.3 is 4.42 Å². The Morgan fingerprint density at radius 2 is 1.12 bits per heavy atom. The summed E-state index contributed by atoms with van der Waals surface area (Å²) >= 11 is 0. The average molecular weight is 516 g/mol. The zero-order chi connectivity index (χ0) is 26.8. The maximum absolute atomic E-state index is 6.24. The molecule has 190 valence electrons. The highest BCUT2D eigenvalue weighted by molar-refractivity contribution is 6.15. The van der Waals surface area contributed by atoms with Crippen LogP contribution in [0.2, 0.25) is 0 Å². The molecule has 5 aromatic carbocycles. The Bertz CT molecular complexity index is 2020. The van der Waals surface area contributed by atoms with Crippen LogP contribution in [0.4, 0.5) is 0 Å². The number of aromatic nitrogens is 3. The van der Waals surface area contributed by atoms with E-state index in [0.29, 0.717) is 17.5 Å². The van der Waals surface area contributed by atoms with Crippen molar-refractivity contribution in [3.8, 4) is 45.3 Å². The molecule has 0 spiro atoms. The second kappa shape index (κ2) is 8.45. The van der Waals surface area contributed by atoms with E-state index in [2.05, 4.69) is 56.3 Å². The molecule has 0 radical (unpaired) electrons. The fourth-order valence-corrected chi connectivity index (χ4v) is 6.12. The van der Waals surface area contributed by atoms with Crippen LogP contribution in [0.3, 0.4) is 0 Å². The monoisotopic (exact) mass is 515 g/mol. The van der Waals surface area contributed by atoms with E-state index in [1.165, 1.54) is 27.6 Å². The van der Waals surface area contributed by atoms with E-state index in [-0.39, 0.29) is 5.41 Å². The number of furan rings is 1. The number of rotatable bonds is 3. The van der Waals surface area contributed by atoms with Crippen LogP contribution in [0.5, 0.6) is 0 Å². The molecule has 40 heavy (non-hydrogen) atoms. The van der Waals surface area contributed by atoms with Crippen LogP contribution in [0.15, 0.2) is 120 Å². The van der Waals surface area contributed by atoms with Crippen LogP contribution in [0, 0.1) is 0 Å². The molecule has 2 aromatic heterocycles. The second-order valence-corrected chi connectivity index (χ2v) is 10.9. The molecule has 4 nitrogen and oxygen atoms in total. The molecule has 1 aliphatic rings. The van der Waals surface area contributed by atoms with E-state index in [1.807, 2.05) is 72.8 Å². The highest BCUT2D eigenvalue weighted by atomic mass is 16.3. The minimum Gasteiger partial charge on any atom is -0.456 e. The van der Waals surface area contributed by atoms with Crippen molar-refractivity contribution < 1.29 is 4.42 Å². The molecular formula is C36H25N3O. The van der Waals surface area contributed by atoms with E-state index in [9.17, 15) is 0 Å². The zero-order valence-electron chi connectivity index (χ0n) is 22.2. The van der Waals surface area contributed by atoms with Gasteiger partial charge in [0.15, 0.2) is 17.5 Å². The van der Waals surface area contributed by atoms with Gasteiger partial charge in [-0.25, -0.2) is 15.0 Å². The van der Waals surface area contributed by atoms with Gasteiger partial charge in [0, 0.05) is 32.9 Å². The lowest BCUT2D eigenvalue weighted by molar-refractivity contribution is 0.656. The van der Waals surface area contributed by atoms with Crippen LogP contribution < -0.4 is 0 Å². The smallest absolute Gasteiger partial charge is 0.164 e. The van der Waals surface area contributed by atoms with Gasteiger partial charge in [-0.3, -0.25) is 0 Å². The molecule has 0 saturated carbocycles. The fraction of sp³-hybridized carbons (Fsp3) is 0.0833. The summed E-state index contributed by atoms with van der Waals surface area (Å²) in [5.41, 5.74) is 9.63. The summed E-state index contributed by atoms with van der Waals surface area (Å²) in [5.74, 6) is 2.00.